The molecule has 4 rings (SSSR count). The van der Waals surface area contributed by atoms with Gasteiger partial charge in [0.15, 0.2) is 23.0 Å². The molecular formula is C22H20N4O6. The lowest BCUT2D eigenvalue weighted by molar-refractivity contribution is 0.0696. The van der Waals surface area contributed by atoms with Crippen molar-refractivity contribution in [1.82, 2.24) is 19.7 Å². The molecule has 0 fully saturated rings. The largest absolute Gasteiger partial charge is 0.504 e. The second-order valence-corrected chi connectivity index (χ2v) is 6.82. The number of phenols is 1. The molecular weight excluding hydrogens is 416 g/mol. The Morgan fingerprint density at radius 3 is 2.38 bits per heavy atom. The molecule has 0 radical (unpaired) electrons. The summed E-state index contributed by atoms with van der Waals surface area (Å²) in [5, 5.41) is 24.8. The predicted molar refractivity (Wildman–Crippen MR) is 115 cm³/mol. The summed E-state index contributed by atoms with van der Waals surface area (Å²) >= 11 is 0. The second-order valence-electron chi connectivity index (χ2n) is 6.82. The highest BCUT2D eigenvalue weighted by molar-refractivity contribution is 6.08. The Labute approximate surface area is 182 Å². The molecule has 10 nitrogen and oxygen atoms in total. The van der Waals surface area contributed by atoms with Gasteiger partial charge in [-0.05, 0) is 23.8 Å². The molecule has 0 spiro atoms. The predicted octanol–water partition coefficient (Wildman–Crippen LogP) is 2.97. The first-order valence-corrected chi connectivity index (χ1v) is 9.48. The molecule has 32 heavy (non-hydrogen) atoms. The van der Waals surface area contributed by atoms with E-state index < -0.39 is 5.97 Å². The van der Waals surface area contributed by atoms with Gasteiger partial charge in [-0.3, -0.25) is 0 Å². The number of carboxylic acids is 1. The van der Waals surface area contributed by atoms with Crippen molar-refractivity contribution in [3.63, 3.8) is 0 Å². The number of hydrogen-bond donors (Lipinski definition) is 2. The van der Waals surface area contributed by atoms with E-state index in [2.05, 4.69) is 15.1 Å². The minimum Gasteiger partial charge on any atom is -0.504 e. The van der Waals surface area contributed by atoms with E-state index in [9.17, 15) is 15.0 Å². The van der Waals surface area contributed by atoms with E-state index in [1.54, 1.807) is 24.3 Å². The molecule has 0 amide bonds. The van der Waals surface area contributed by atoms with E-state index in [1.807, 2.05) is 0 Å². The number of rotatable bonds is 7. The number of aromatic carboxylic acids is 1. The fourth-order valence-electron chi connectivity index (χ4n) is 3.59. The lowest BCUT2D eigenvalue weighted by Crippen LogP contribution is -2.12. The van der Waals surface area contributed by atoms with Crippen molar-refractivity contribution in [3.05, 3.63) is 54.2 Å². The monoisotopic (exact) mass is 436 g/mol. The molecule has 0 aliphatic carbocycles. The van der Waals surface area contributed by atoms with Gasteiger partial charge in [-0.2, -0.15) is 5.10 Å². The molecule has 0 atom stereocenters. The zero-order valence-corrected chi connectivity index (χ0v) is 17.6. The Morgan fingerprint density at radius 2 is 1.75 bits per heavy atom. The zero-order chi connectivity index (χ0) is 22.8. The minimum atomic E-state index is -1.16. The molecule has 164 valence electrons. The number of ether oxygens (including phenoxy) is 3. The standard InChI is InChI=1S/C22H20N4O6/c1-30-17-6-12(4-5-16(17)27)20-13-7-18(31-2)19(32-3)8-14(13)25-15(21(20)22(28)29)9-26-11-23-10-24-26/h4-8,10-11,27H,9H2,1-3H3,(H,28,29). The molecule has 2 aromatic carbocycles. The molecule has 0 saturated carbocycles. The number of pyridine rings is 1. The Morgan fingerprint density at radius 1 is 1.03 bits per heavy atom. The van der Waals surface area contributed by atoms with E-state index in [-0.39, 0.29) is 29.3 Å². The Balaban J connectivity index is 2.11. The molecule has 2 heterocycles. The number of nitrogens with zero attached hydrogens (tertiary/aromatic N) is 4. The molecule has 0 bridgehead atoms. The van der Waals surface area contributed by atoms with Crippen LogP contribution in [0.3, 0.4) is 0 Å². The number of aromatic nitrogens is 4. The smallest absolute Gasteiger partial charge is 0.338 e. The minimum absolute atomic E-state index is 0.00652. The molecule has 0 unspecified atom stereocenters. The van der Waals surface area contributed by atoms with Crippen LogP contribution in [-0.2, 0) is 6.54 Å². The molecule has 0 aliphatic heterocycles. The van der Waals surface area contributed by atoms with Crippen LogP contribution in [0.15, 0.2) is 43.0 Å². The first kappa shape index (κ1) is 20.9. The number of phenolic OH excluding ortho intramolecular Hbond substituents is 1. The third kappa shape index (κ3) is 3.62. The van der Waals surface area contributed by atoms with Crippen molar-refractivity contribution >= 4 is 16.9 Å². The van der Waals surface area contributed by atoms with Gasteiger partial charge >= 0.3 is 5.97 Å². The molecule has 10 heteroatoms. The average molecular weight is 436 g/mol. The van der Waals surface area contributed by atoms with Gasteiger partial charge < -0.3 is 24.4 Å². The first-order valence-electron chi connectivity index (χ1n) is 9.48. The fourth-order valence-corrected chi connectivity index (χ4v) is 3.59. The van der Waals surface area contributed by atoms with Crippen LogP contribution in [-0.4, -0.2) is 57.3 Å². The van der Waals surface area contributed by atoms with Crippen LogP contribution in [0, 0.1) is 0 Å². The van der Waals surface area contributed by atoms with Crippen molar-refractivity contribution in [1.29, 1.82) is 0 Å². The van der Waals surface area contributed by atoms with Crippen LogP contribution in [0.2, 0.25) is 0 Å². The number of fused-ring (bicyclic) bond motifs is 1. The van der Waals surface area contributed by atoms with Crippen molar-refractivity contribution in [2.75, 3.05) is 21.3 Å². The average Bonchev–Trinajstić information content (AvgIpc) is 3.30. The highest BCUT2D eigenvalue weighted by Gasteiger charge is 2.24. The van der Waals surface area contributed by atoms with Gasteiger partial charge in [0.05, 0.1) is 44.6 Å². The van der Waals surface area contributed by atoms with Crippen LogP contribution in [0.5, 0.6) is 23.0 Å². The molecule has 0 aliphatic rings. The van der Waals surface area contributed by atoms with E-state index in [0.717, 1.165) is 0 Å². The number of carbonyl (C=O) groups is 1. The number of carboxylic acid groups (broad SMARTS) is 1. The zero-order valence-electron chi connectivity index (χ0n) is 17.6. The van der Waals surface area contributed by atoms with Crippen LogP contribution in [0.25, 0.3) is 22.0 Å². The number of benzene rings is 2. The normalized spacial score (nSPS) is 10.8. The lowest BCUT2D eigenvalue weighted by Gasteiger charge is -2.17. The highest BCUT2D eigenvalue weighted by Crippen LogP contribution is 2.41. The summed E-state index contributed by atoms with van der Waals surface area (Å²) in [6.45, 7) is 0.0914. The maximum Gasteiger partial charge on any atom is 0.338 e. The van der Waals surface area contributed by atoms with Gasteiger partial charge in [-0.1, -0.05) is 6.07 Å². The van der Waals surface area contributed by atoms with Crippen LogP contribution < -0.4 is 14.2 Å². The topological polar surface area (TPSA) is 129 Å². The summed E-state index contributed by atoms with van der Waals surface area (Å²) < 4.78 is 17.6. The van der Waals surface area contributed by atoms with E-state index >= 15 is 0 Å². The SMILES string of the molecule is COc1cc(-c2c(C(=O)O)c(Cn3cncn3)nc3cc(OC)c(OC)cc23)ccc1O. The summed E-state index contributed by atoms with van der Waals surface area (Å²) in [6.07, 6.45) is 2.84. The molecule has 2 N–H and O–H groups in total. The second kappa shape index (κ2) is 8.42. The Kier molecular flexibility index (Phi) is 5.50. The third-order valence-electron chi connectivity index (χ3n) is 5.03. The first-order chi connectivity index (χ1) is 15.5. The van der Waals surface area contributed by atoms with Crippen molar-refractivity contribution in [3.8, 4) is 34.1 Å². The summed E-state index contributed by atoms with van der Waals surface area (Å²) in [5.41, 5.74) is 1.70. The van der Waals surface area contributed by atoms with Gasteiger partial charge in [-0.15, -0.1) is 0 Å². The molecule has 4 aromatic rings. The molecule has 2 aromatic heterocycles. The van der Waals surface area contributed by atoms with Gasteiger partial charge in [0.25, 0.3) is 0 Å². The summed E-state index contributed by atoms with van der Waals surface area (Å²) in [7, 11) is 4.43. The Hall–Kier alpha value is -4.34. The van der Waals surface area contributed by atoms with Gasteiger partial charge in [0.2, 0.25) is 0 Å². The lowest BCUT2D eigenvalue weighted by atomic mass is 9.93. The van der Waals surface area contributed by atoms with E-state index in [1.165, 1.54) is 44.7 Å². The Bertz CT molecular complexity index is 1300. The number of methoxy groups -OCH3 is 3. The van der Waals surface area contributed by atoms with Gasteiger partial charge in [-0.25, -0.2) is 19.4 Å². The van der Waals surface area contributed by atoms with Crippen molar-refractivity contribution in [2.45, 2.75) is 6.54 Å². The van der Waals surface area contributed by atoms with Gasteiger partial charge in [0, 0.05) is 17.0 Å². The maximum atomic E-state index is 12.5. The highest BCUT2D eigenvalue weighted by atomic mass is 16.5. The molecule has 0 saturated heterocycles. The van der Waals surface area contributed by atoms with E-state index in [0.29, 0.717) is 33.5 Å². The van der Waals surface area contributed by atoms with Crippen LogP contribution in [0.1, 0.15) is 16.1 Å². The van der Waals surface area contributed by atoms with E-state index in [4.69, 9.17) is 14.2 Å². The van der Waals surface area contributed by atoms with Crippen molar-refractivity contribution in [2.24, 2.45) is 0 Å². The number of aromatic hydroxyl groups is 1. The van der Waals surface area contributed by atoms with Crippen molar-refractivity contribution < 1.29 is 29.2 Å². The maximum absolute atomic E-state index is 12.5. The number of hydrogen-bond acceptors (Lipinski definition) is 8. The fraction of sp³-hybridized carbons (Fsp3) is 0.182. The third-order valence-corrected chi connectivity index (χ3v) is 5.03. The van der Waals surface area contributed by atoms with Gasteiger partial charge in [0.1, 0.15) is 12.7 Å². The summed E-state index contributed by atoms with van der Waals surface area (Å²) in [4.78, 5) is 21.0. The summed E-state index contributed by atoms with van der Waals surface area (Å²) in [6, 6.07) is 8.01. The summed E-state index contributed by atoms with van der Waals surface area (Å²) in [5.74, 6) is -0.132. The quantitative estimate of drug-likeness (QED) is 0.449. The van der Waals surface area contributed by atoms with Crippen LogP contribution in [0.4, 0.5) is 0 Å². The van der Waals surface area contributed by atoms with Crippen LogP contribution >= 0.6 is 0 Å².